The molecule has 1 aliphatic rings. The Kier molecular flexibility index (Phi) is 1.97. The Morgan fingerprint density at radius 2 is 2.44 bits per heavy atom. The van der Waals surface area contributed by atoms with Crippen molar-refractivity contribution in [2.45, 2.75) is 6.42 Å². The lowest BCUT2D eigenvalue weighted by Gasteiger charge is -2.02. The standard InChI is InChI=1S/C5H9NO2S/c7-5(8)4-1-2-6(9)3-4/h4,9H,1-3H2,(H,7,8). The highest BCUT2D eigenvalue weighted by Gasteiger charge is 2.25. The lowest BCUT2D eigenvalue weighted by Crippen LogP contribution is -2.15. The fraction of sp³-hybridized carbons (Fsp3) is 0.800. The van der Waals surface area contributed by atoms with Crippen molar-refractivity contribution < 1.29 is 9.90 Å². The second-order valence-corrected chi connectivity index (χ2v) is 2.80. The maximum Gasteiger partial charge on any atom is 0.307 e. The van der Waals surface area contributed by atoms with E-state index >= 15 is 0 Å². The summed E-state index contributed by atoms with van der Waals surface area (Å²) in [5.41, 5.74) is 0. The van der Waals surface area contributed by atoms with Crippen LogP contribution in [0.25, 0.3) is 0 Å². The zero-order valence-electron chi connectivity index (χ0n) is 4.95. The Balaban J connectivity index is 2.39. The fourth-order valence-electron chi connectivity index (χ4n) is 0.943. The SMILES string of the molecule is O=C(O)C1CCN(S)C1. The summed E-state index contributed by atoms with van der Waals surface area (Å²) in [7, 11) is 0. The van der Waals surface area contributed by atoms with E-state index in [1.165, 1.54) is 0 Å². The van der Waals surface area contributed by atoms with E-state index in [2.05, 4.69) is 12.8 Å². The van der Waals surface area contributed by atoms with Gasteiger partial charge in [0.1, 0.15) is 0 Å². The molecule has 0 bridgehead atoms. The molecule has 0 aromatic rings. The molecule has 1 saturated heterocycles. The third-order valence-corrected chi connectivity index (χ3v) is 1.88. The van der Waals surface area contributed by atoms with Crippen LogP contribution in [0, 0.1) is 5.92 Å². The number of carboxylic acid groups (broad SMARTS) is 1. The number of rotatable bonds is 1. The van der Waals surface area contributed by atoms with Gasteiger partial charge in [-0.15, -0.1) is 0 Å². The first-order valence-corrected chi connectivity index (χ1v) is 3.27. The molecular weight excluding hydrogens is 138 g/mol. The number of carboxylic acids is 1. The molecule has 0 radical (unpaired) electrons. The average molecular weight is 147 g/mol. The Labute approximate surface area is 59.2 Å². The molecular formula is C5H9NO2S. The Morgan fingerprint density at radius 1 is 1.78 bits per heavy atom. The molecule has 1 rings (SSSR count). The maximum absolute atomic E-state index is 10.3. The normalized spacial score (nSPS) is 28.8. The van der Waals surface area contributed by atoms with Gasteiger partial charge in [-0.1, -0.05) is 12.8 Å². The lowest BCUT2D eigenvalue weighted by molar-refractivity contribution is -0.141. The van der Waals surface area contributed by atoms with Gasteiger partial charge < -0.3 is 5.11 Å². The molecule has 3 nitrogen and oxygen atoms in total. The van der Waals surface area contributed by atoms with Crippen LogP contribution in [0.15, 0.2) is 0 Å². The van der Waals surface area contributed by atoms with Crippen LogP contribution in [0.5, 0.6) is 0 Å². The van der Waals surface area contributed by atoms with E-state index in [4.69, 9.17) is 5.11 Å². The molecule has 1 atom stereocenters. The van der Waals surface area contributed by atoms with Crippen LogP contribution in [0.2, 0.25) is 0 Å². The number of hydrogen-bond donors (Lipinski definition) is 2. The molecule has 1 heterocycles. The highest BCUT2D eigenvalue weighted by Crippen LogP contribution is 2.16. The van der Waals surface area contributed by atoms with Crippen molar-refractivity contribution in [2.75, 3.05) is 13.1 Å². The first-order chi connectivity index (χ1) is 4.20. The van der Waals surface area contributed by atoms with Gasteiger partial charge in [0.2, 0.25) is 0 Å². The maximum atomic E-state index is 10.3. The molecule has 0 amide bonds. The Bertz CT molecular complexity index is 128. The number of nitrogens with zero attached hydrogens (tertiary/aromatic N) is 1. The molecule has 0 spiro atoms. The summed E-state index contributed by atoms with van der Waals surface area (Å²) in [5.74, 6) is -0.894. The molecule has 1 fully saturated rings. The smallest absolute Gasteiger partial charge is 0.307 e. The number of hydrogen-bond acceptors (Lipinski definition) is 3. The molecule has 1 N–H and O–H groups in total. The van der Waals surface area contributed by atoms with E-state index in [-0.39, 0.29) is 5.92 Å². The second kappa shape index (κ2) is 2.58. The van der Waals surface area contributed by atoms with E-state index in [1.54, 1.807) is 4.31 Å². The zero-order chi connectivity index (χ0) is 6.85. The minimum Gasteiger partial charge on any atom is -0.481 e. The predicted molar refractivity (Wildman–Crippen MR) is 36.3 cm³/mol. The topological polar surface area (TPSA) is 40.5 Å². The second-order valence-electron chi connectivity index (χ2n) is 2.24. The Morgan fingerprint density at radius 3 is 2.67 bits per heavy atom. The summed E-state index contributed by atoms with van der Waals surface area (Å²) in [6.07, 6.45) is 0.735. The van der Waals surface area contributed by atoms with Crippen LogP contribution >= 0.6 is 12.8 Å². The van der Waals surface area contributed by atoms with Crippen LogP contribution in [0.4, 0.5) is 0 Å². The molecule has 0 aromatic carbocycles. The third-order valence-electron chi connectivity index (χ3n) is 1.52. The largest absolute Gasteiger partial charge is 0.481 e. The monoisotopic (exact) mass is 147 g/mol. The van der Waals surface area contributed by atoms with Gasteiger partial charge >= 0.3 is 5.97 Å². The van der Waals surface area contributed by atoms with Gasteiger partial charge in [-0.05, 0) is 6.42 Å². The summed E-state index contributed by atoms with van der Waals surface area (Å²) in [6.45, 7) is 1.37. The van der Waals surface area contributed by atoms with Crippen LogP contribution < -0.4 is 0 Å². The van der Waals surface area contributed by atoms with Gasteiger partial charge in [0.25, 0.3) is 0 Å². The lowest BCUT2D eigenvalue weighted by atomic mass is 10.1. The summed E-state index contributed by atoms with van der Waals surface area (Å²) >= 11 is 4.02. The summed E-state index contributed by atoms with van der Waals surface area (Å²) in [4.78, 5) is 10.3. The van der Waals surface area contributed by atoms with Crippen molar-refractivity contribution in [3.63, 3.8) is 0 Å². The Hall–Kier alpha value is -0.220. The van der Waals surface area contributed by atoms with E-state index in [0.29, 0.717) is 6.54 Å². The van der Waals surface area contributed by atoms with Crippen LogP contribution in [-0.2, 0) is 4.79 Å². The van der Waals surface area contributed by atoms with Crippen LogP contribution in [0.1, 0.15) is 6.42 Å². The summed E-state index contributed by atoms with van der Waals surface area (Å²) in [6, 6.07) is 0. The fourth-order valence-corrected chi connectivity index (χ4v) is 1.26. The molecule has 0 aliphatic carbocycles. The number of carbonyl (C=O) groups is 1. The summed E-state index contributed by atoms with van der Waals surface area (Å²) in [5, 5.41) is 8.47. The zero-order valence-corrected chi connectivity index (χ0v) is 5.84. The highest BCUT2D eigenvalue weighted by atomic mass is 32.1. The number of aliphatic carboxylic acids is 1. The van der Waals surface area contributed by atoms with Crippen molar-refractivity contribution in [3.05, 3.63) is 0 Å². The van der Waals surface area contributed by atoms with Crippen molar-refractivity contribution in [1.29, 1.82) is 0 Å². The van der Waals surface area contributed by atoms with Gasteiger partial charge in [0.15, 0.2) is 0 Å². The molecule has 4 heteroatoms. The summed E-state index contributed by atoms with van der Waals surface area (Å²) < 4.78 is 1.73. The predicted octanol–water partition coefficient (Wildman–Crippen LogP) is 0.238. The van der Waals surface area contributed by atoms with Gasteiger partial charge in [-0.2, -0.15) is 0 Å². The van der Waals surface area contributed by atoms with Crippen molar-refractivity contribution >= 4 is 18.8 Å². The molecule has 9 heavy (non-hydrogen) atoms. The number of thiol groups is 1. The highest BCUT2D eigenvalue weighted by molar-refractivity contribution is 7.77. The van der Waals surface area contributed by atoms with Gasteiger partial charge in [-0.25, -0.2) is 0 Å². The molecule has 52 valence electrons. The van der Waals surface area contributed by atoms with Crippen LogP contribution in [-0.4, -0.2) is 28.5 Å². The minimum absolute atomic E-state index is 0.192. The first-order valence-electron chi connectivity index (χ1n) is 2.87. The average Bonchev–Trinajstić information content (AvgIpc) is 2.14. The third kappa shape index (κ3) is 1.59. The van der Waals surface area contributed by atoms with Gasteiger partial charge in [0.05, 0.1) is 5.92 Å². The molecule has 1 aliphatic heterocycles. The molecule has 0 saturated carbocycles. The molecule has 0 aromatic heterocycles. The first kappa shape index (κ1) is 6.89. The minimum atomic E-state index is -0.702. The van der Waals surface area contributed by atoms with Crippen molar-refractivity contribution in [3.8, 4) is 0 Å². The van der Waals surface area contributed by atoms with Crippen molar-refractivity contribution in [2.24, 2.45) is 5.92 Å². The van der Waals surface area contributed by atoms with E-state index in [1.807, 2.05) is 0 Å². The van der Waals surface area contributed by atoms with Gasteiger partial charge in [0, 0.05) is 13.1 Å². The quantitative estimate of drug-likeness (QED) is 0.522. The van der Waals surface area contributed by atoms with E-state index in [9.17, 15) is 4.79 Å². The van der Waals surface area contributed by atoms with Crippen molar-refractivity contribution in [1.82, 2.24) is 4.31 Å². The van der Waals surface area contributed by atoms with E-state index < -0.39 is 5.97 Å². The van der Waals surface area contributed by atoms with Crippen LogP contribution in [0.3, 0.4) is 0 Å². The van der Waals surface area contributed by atoms with Gasteiger partial charge in [-0.3, -0.25) is 9.10 Å². The molecule has 1 unspecified atom stereocenters. The van der Waals surface area contributed by atoms with E-state index in [0.717, 1.165) is 13.0 Å².